The van der Waals surface area contributed by atoms with E-state index >= 15 is 0 Å². The number of pyridine rings is 1. The van der Waals surface area contributed by atoms with E-state index in [1.807, 2.05) is 25.3 Å². The summed E-state index contributed by atoms with van der Waals surface area (Å²) in [6.45, 7) is 2.54. The van der Waals surface area contributed by atoms with E-state index in [0.717, 1.165) is 30.5 Å². The molecule has 17 heavy (non-hydrogen) atoms. The first-order chi connectivity index (χ1) is 8.16. The monoisotopic (exact) mass is 232 g/mol. The summed E-state index contributed by atoms with van der Waals surface area (Å²) in [6.07, 6.45) is 4.72. The summed E-state index contributed by atoms with van der Waals surface area (Å²) >= 11 is 0. The van der Waals surface area contributed by atoms with Gasteiger partial charge in [0.25, 0.3) is 0 Å². The molecule has 0 atom stereocenters. The second-order valence-electron chi connectivity index (χ2n) is 4.83. The first kappa shape index (κ1) is 10.5. The minimum absolute atomic E-state index is 0.531. The molecule has 5 heteroatoms. The molecule has 5 nitrogen and oxygen atoms in total. The van der Waals surface area contributed by atoms with Gasteiger partial charge in [0.15, 0.2) is 5.65 Å². The molecule has 0 spiro atoms. The lowest BCUT2D eigenvalue weighted by atomic mass is 9.80. The molecule has 0 aromatic carbocycles. The number of hydrogen-bond donors (Lipinski definition) is 2. The van der Waals surface area contributed by atoms with Crippen LogP contribution in [0.5, 0.6) is 0 Å². The maximum absolute atomic E-state index is 9.98. The van der Waals surface area contributed by atoms with Gasteiger partial charge < -0.3 is 10.4 Å². The van der Waals surface area contributed by atoms with Gasteiger partial charge in [0, 0.05) is 12.7 Å². The molecule has 0 unspecified atom stereocenters. The fourth-order valence-electron chi connectivity index (χ4n) is 2.12. The number of anilines is 1. The number of nitrogens with zero attached hydrogens (tertiary/aromatic N) is 3. The maximum Gasteiger partial charge on any atom is 0.243 e. The summed E-state index contributed by atoms with van der Waals surface area (Å²) in [6, 6.07) is 3.95. The van der Waals surface area contributed by atoms with E-state index in [1.54, 1.807) is 4.52 Å². The largest absolute Gasteiger partial charge is 0.388 e. The minimum Gasteiger partial charge on any atom is -0.388 e. The van der Waals surface area contributed by atoms with Crippen molar-refractivity contribution in [1.82, 2.24) is 14.6 Å². The van der Waals surface area contributed by atoms with Crippen molar-refractivity contribution >= 4 is 11.6 Å². The molecule has 1 fully saturated rings. The summed E-state index contributed by atoms with van der Waals surface area (Å²) in [4.78, 5) is 4.40. The van der Waals surface area contributed by atoms with Gasteiger partial charge >= 0.3 is 0 Å². The SMILES string of the molecule is Cc1cccn2nc(NCC3(O)CCC3)nc12. The fraction of sp³-hybridized carbons (Fsp3) is 0.500. The number of aryl methyl sites for hydroxylation is 1. The molecule has 0 bridgehead atoms. The molecule has 2 heterocycles. The number of rotatable bonds is 3. The zero-order valence-corrected chi connectivity index (χ0v) is 9.85. The Morgan fingerprint density at radius 2 is 2.35 bits per heavy atom. The van der Waals surface area contributed by atoms with Crippen molar-refractivity contribution in [1.29, 1.82) is 0 Å². The van der Waals surface area contributed by atoms with E-state index in [9.17, 15) is 5.11 Å². The first-order valence-electron chi connectivity index (χ1n) is 5.95. The zero-order valence-electron chi connectivity index (χ0n) is 9.85. The molecule has 1 saturated carbocycles. The number of fused-ring (bicyclic) bond motifs is 1. The van der Waals surface area contributed by atoms with Crippen molar-refractivity contribution in [2.75, 3.05) is 11.9 Å². The molecular weight excluding hydrogens is 216 g/mol. The molecule has 2 aromatic heterocycles. The van der Waals surface area contributed by atoms with E-state index in [2.05, 4.69) is 15.4 Å². The van der Waals surface area contributed by atoms with Gasteiger partial charge in [-0.1, -0.05) is 6.07 Å². The van der Waals surface area contributed by atoms with Crippen LogP contribution in [0, 0.1) is 6.92 Å². The van der Waals surface area contributed by atoms with Crippen LogP contribution in [-0.4, -0.2) is 31.9 Å². The van der Waals surface area contributed by atoms with Gasteiger partial charge in [-0.05, 0) is 37.8 Å². The van der Waals surface area contributed by atoms with Crippen LogP contribution in [-0.2, 0) is 0 Å². The Hall–Kier alpha value is -1.62. The number of hydrogen-bond acceptors (Lipinski definition) is 4. The molecule has 3 rings (SSSR count). The van der Waals surface area contributed by atoms with E-state index < -0.39 is 5.60 Å². The van der Waals surface area contributed by atoms with Gasteiger partial charge in [0.1, 0.15) is 0 Å². The molecule has 0 amide bonds. The Morgan fingerprint density at radius 3 is 3.00 bits per heavy atom. The predicted octanol–water partition coefficient (Wildman–Crippen LogP) is 1.36. The highest BCUT2D eigenvalue weighted by atomic mass is 16.3. The lowest BCUT2D eigenvalue weighted by molar-refractivity contribution is -0.0203. The molecule has 0 saturated heterocycles. The smallest absolute Gasteiger partial charge is 0.243 e. The van der Waals surface area contributed by atoms with Crippen LogP contribution in [0.4, 0.5) is 5.95 Å². The average molecular weight is 232 g/mol. The fourth-order valence-corrected chi connectivity index (χ4v) is 2.12. The van der Waals surface area contributed by atoms with Crippen molar-refractivity contribution in [3.05, 3.63) is 23.9 Å². The topological polar surface area (TPSA) is 62.5 Å². The quantitative estimate of drug-likeness (QED) is 0.839. The molecule has 0 radical (unpaired) electrons. The summed E-state index contributed by atoms with van der Waals surface area (Å²) in [5.74, 6) is 0.583. The van der Waals surface area contributed by atoms with Gasteiger partial charge in [0.05, 0.1) is 5.60 Å². The Morgan fingerprint density at radius 1 is 1.53 bits per heavy atom. The Labute approximate surface area is 99.5 Å². The second kappa shape index (κ2) is 3.70. The highest BCUT2D eigenvalue weighted by Crippen LogP contribution is 2.31. The Kier molecular flexibility index (Phi) is 2.29. The Bertz CT molecular complexity index is 544. The molecule has 2 aromatic rings. The molecule has 1 aliphatic carbocycles. The van der Waals surface area contributed by atoms with Crippen molar-refractivity contribution in [3.8, 4) is 0 Å². The summed E-state index contributed by atoms with van der Waals surface area (Å²) in [7, 11) is 0. The summed E-state index contributed by atoms with van der Waals surface area (Å²) in [5, 5.41) is 17.4. The lowest BCUT2D eigenvalue weighted by Gasteiger charge is -2.36. The summed E-state index contributed by atoms with van der Waals surface area (Å²) in [5.41, 5.74) is 1.40. The van der Waals surface area contributed by atoms with E-state index in [-0.39, 0.29) is 0 Å². The highest BCUT2D eigenvalue weighted by Gasteiger charge is 2.34. The standard InChI is InChI=1S/C12H16N4O/c1-9-4-2-7-16-10(9)14-11(15-16)13-8-12(17)5-3-6-12/h2,4,7,17H,3,5-6,8H2,1H3,(H,13,15). The van der Waals surface area contributed by atoms with Crippen molar-refractivity contribution in [2.45, 2.75) is 31.8 Å². The number of aliphatic hydroxyl groups is 1. The molecule has 0 aliphatic heterocycles. The van der Waals surface area contributed by atoms with Gasteiger partial charge in [-0.15, -0.1) is 5.10 Å². The Balaban J connectivity index is 1.79. The third-order valence-electron chi connectivity index (χ3n) is 3.42. The van der Waals surface area contributed by atoms with Crippen LogP contribution >= 0.6 is 0 Å². The zero-order chi connectivity index (χ0) is 11.9. The third-order valence-corrected chi connectivity index (χ3v) is 3.42. The minimum atomic E-state index is -0.549. The van der Waals surface area contributed by atoms with Crippen LogP contribution < -0.4 is 5.32 Å². The van der Waals surface area contributed by atoms with Gasteiger partial charge in [-0.3, -0.25) is 0 Å². The van der Waals surface area contributed by atoms with Crippen LogP contribution in [0.2, 0.25) is 0 Å². The molecule has 1 aliphatic rings. The second-order valence-corrected chi connectivity index (χ2v) is 4.83. The summed E-state index contributed by atoms with van der Waals surface area (Å²) < 4.78 is 1.75. The van der Waals surface area contributed by atoms with E-state index in [0.29, 0.717) is 12.5 Å². The maximum atomic E-state index is 9.98. The van der Waals surface area contributed by atoms with E-state index in [4.69, 9.17) is 0 Å². The molecular formula is C12H16N4O. The van der Waals surface area contributed by atoms with Gasteiger partial charge in [-0.25, -0.2) is 4.52 Å². The number of nitrogens with one attached hydrogen (secondary N) is 1. The van der Waals surface area contributed by atoms with Crippen LogP contribution in [0.1, 0.15) is 24.8 Å². The highest BCUT2D eigenvalue weighted by molar-refractivity contribution is 5.49. The predicted molar refractivity (Wildman–Crippen MR) is 65.0 cm³/mol. The molecule has 2 N–H and O–H groups in total. The number of aromatic nitrogens is 3. The van der Waals surface area contributed by atoms with Crippen molar-refractivity contribution < 1.29 is 5.11 Å². The first-order valence-corrected chi connectivity index (χ1v) is 5.95. The molecule has 90 valence electrons. The van der Waals surface area contributed by atoms with Crippen LogP contribution in [0.25, 0.3) is 5.65 Å². The van der Waals surface area contributed by atoms with Gasteiger partial charge in [-0.2, -0.15) is 4.98 Å². The third kappa shape index (κ3) is 1.86. The van der Waals surface area contributed by atoms with Crippen molar-refractivity contribution in [2.24, 2.45) is 0 Å². The van der Waals surface area contributed by atoms with Gasteiger partial charge in [0.2, 0.25) is 5.95 Å². The van der Waals surface area contributed by atoms with Crippen LogP contribution in [0.3, 0.4) is 0 Å². The normalized spacial score (nSPS) is 18.0. The van der Waals surface area contributed by atoms with E-state index in [1.165, 1.54) is 0 Å². The lowest BCUT2D eigenvalue weighted by Crippen LogP contribution is -2.43. The van der Waals surface area contributed by atoms with Crippen LogP contribution in [0.15, 0.2) is 18.3 Å². The van der Waals surface area contributed by atoms with Crippen molar-refractivity contribution in [3.63, 3.8) is 0 Å². The average Bonchev–Trinajstić information content (AvgIpc) is 2.68.